The molecule has 5 nitrogen and oxygen atoms in total. The van der Waals surface area contributed by atoms with Gasteiger partial charge in [-0.05, 0) is 19.1 Å². The predicted molar refractivity (Wildman–Crippen MR) is 53.2 cm³/mol. The van der Waals surface area contributed by atoms with E-state index in [1.54, 1.807) is 18.4 Å². The van der Waals surface area contributed by atoms with Crippen LogP contribution < -0.4 is 0 Å². The molecule has 15 heavy (non-hydrogen) atoms. The smallest absolute Gasteiger partial charge is 0.410 e. The first-order chi connectivity index (χ1) is 7.27. The van der Waals surface area contributed by atoms with Gasteiger partial charge in [-0.2, -0.15) is 0 Å². The minimum absolute atomic E-state index is 0.0213. The van der Waals surface area contributed by atoms with E-state index in [1.165, 1.54) is 4.90 Å². The van der Waals surface area contributed by atoms with Crippen LogP contribution in [0.25, 0.3) is 0 Å². The number of furan rings is 1. The number of carbonyl (C=O) groups is 1. The summed E-state index contributed by atoms with van der Waals surface area (Å²) in [5.74, 6) is 0.706. The van der Waals surface area contributed by atoms with E-state index < -0.39 is 6.09 Å². The van der Waals surface area contributed by atoms with Crippen LogP contribution in [0.5, 0.6) is 0 Å². The lowest BCUT2D eigenvalue weighted by atomic mass is 10.4. The molecule has 1 amide bonds. The summed E-state index contributed by atoms with van der Waals surface area (Å²) in [4.78, 5) is 12.9. The Morgan fingerprint density at radius 1 is 1.67 bits per heavy atom. The summed E-state index contributed by atoms with van der Waals surface area (Å²) in [7, 11) is 0. The maximum absolute atomic E-state index is 11.4. The molecule has 1 rings (SSSR count). The van der Waals surface area contributed by atoms with Crippen molar-refractivity contribution in [2.75, 3.05) is 19.8 Å². The molecule has 0 bridgehead atoms. The standard InChI is InChI=1S/C10H15NO4/c1-2-11(10(13)15-7-5-12)8-9-4-3-6-14-9/h3-4,6,12H,2,5,7-8H2,1H3. The van der Waals surface area contributed by atoms with Gasteiger partial charge in [0.2, 0.25) is 0 Å². The lowest BCUT2D eigenvalue weighted by Crippen LogP contribution is -2.31. The number of aliphatic hydroxyl groups is 1. The van der Waals surface area contributed by atoms with Crippen LogP contribution in [0.4, 0.5) is 4.79 Å². The highest BCUT2D eigenvalue weighted by Crippen LogP contribution is 2.06. The molecule has 0 radical (unpaired) electrons. The molecule has 84 valence electrons. The second-order valence-corrected chi connectivity index (χ2v) is 2.93. The van der Waals surface area contributed by atoms with Gasteiger partial charge in [0.05, 0.1) is 19.4 Å². The van der Waals surface area contributed by atoms with Crippen LogP contribution in [0.2, 0.25) is 0 Å². The van der Waals surface area contributed by atoms with Gasteiger partial charge in [0.1, 0.15) is 12.4 Å². The van der Waals surface area contributed by atoms with E-state index in [0.717, 1.165) is 0 Å². The van der Waals surface area contributed by atoms with Crippen molar-refractivity contribution in [2.24, 2.45) is 0 Å². The van der Waals surface area contributed by atoms with Gasteiger partial charge in [0.15, 0.2) is 0 Å². The maximum Gasteiger partial charge on any atom is 0.410 e. The fraction of sp³-hybridized carbons (Fsp3) is 0.500. The Labute approximate surface area is 88.2 Å². The number of ether oxygens (including phenoxy) is 1. The van der Waals surface area contributed by atoms with E-state index in [1.807, 2.05) is 6.92 Å². The zero-order valence-corrected chi connectivity index (χ0v) is 8.68. The number of carbonyl (C=O) groups excluding carboxylic acids is 1. The van der Waals surface area contributed by atoms with E-state index in [0.29, 0.717) is 18.8 Å². The minimum Gasteiger partial charge on any atom is -0.467 e. The van der Waals surface area contributed by atoms with Gasteiger partial charge in [-0.3, -0.25) is 0 Å². The molecule has 0 aromatic carbocycles. The summed E-state index contributed by atoms with van der Waals surface area (Å²) in [6, 6.07) is 3.56. The Morgan fingerprint density at radius 2 is 2.47 bits per heavy atom. The SMILES string of the molecule is CCN(Cc1ccco1)C(=O)OCCO. The van der Waals surface area contributed by atoms with Crippen LogP contribution >= 0.6 is 0 Å². The van der Waals surface area contributed by atoms with Gasteiger partial charge < -0.3 is 19.2 Å². The fourth-order valence-electron chi connectivity index (χ4n) is 1.12. The highest BCUT2D eigenvalue weighted by Gasteiger charge is 2.14. The third kappa shape index (κ3) is 3.63. The van der Waals surface area contributed by atoms with Gasteiger partial charge in [-0.15, -0.1) is 0 Å². The predicted octanol–water partition coefficient (Wildman–Crippen LogP) is 1.23. The van der Waals surface area contributed by atoms with Crippen molar-refractivity contribution < 1.29 is 19.1 Å². The summed E-state index contributed by atoms with van der Waals surface area (Å²) < 4.78 is 9.91. The molecule has 1 aromatic rings. The summed E-state index contributed by atoms with van der Waals surface area (Å²) >= 11 is 0. The second-order valence-electron chi connectivity index (χ2n) is 2.93. The third-order valence-electron chi connectivity index (χ3n) is 1.88. The zero-order chi connectivity index (χ0) is 11.1. The molecule has 0 aliphatic rings. The van der Waals surface area contributed by atoms with Crippen molar-refractivity contribution in [2.45, 2.75) is 13.5 Å². The molecule has 5 heteroatoms. The first kappa shape index (κ1) is 11.6. The number of hydrogen-bond acceptors (Lipinski definition) is 4. The van der Waals surface area contributed by atoms with Crippen LogP contribution in [-0.2, 0) is 11.3 Å². The summed E-state index contributed by atoms with van der Waals surface area (Å²) in [5.41, 5.74) is 0. The molecule has 0 aliphatic heterocycles. The Balaban J connectivity index is 2.44. The summed E-state index contributed by atoms with van der Waals surface area (Å²) in [6.07, 6.45) is 1.12. The van der Waals surface area contributed by atoms with Gasteiger partial charge in [0.25, 0.3) is 0 Å². The topological polar surface area (TPSA) is 62.9 Å². The molecule has 0 aliphatic carbocycles. The normalized spacial score (nSPS) is 10.0. The molecular weight excluding hydrogens is 198 g/mol. The number of aliphatic hydroxyl groups excluding tert-OH is 1. The van der Waals surface area contributed by atoms with Crippen molar-refractivity contribution in [1.29, 1.82) is 0 Å². The average Bonchev–Trinajstić information content (AvgIpc) is 2.75. The van der Waals surface area contributed by atoms with Crippen molar-refractivity contribution in [3.8, 4) is 0 Å². The third-order valence-corrected chi connectivity index (χ3v) is 1.88. The van der Waals surface area contributed by atoms with Crippen LogP contribution in [0.15, 0.2) is 22.8 Å². The van der Waals surface area contributed by atoms with E-state index in [2.05, 4.69) is 0 Å². The van der Waals surface area contributed by atoms with Crippen molar-refractivity contribution in [1.82, 2.24) is 4.90 Å². The zero-order valence-electron chi connectivity index (χ0n) is 8.68. The fourth-order valence-corrected chi connectivity index (χ4v) is 1.12. The molecule has 1 aromatic heterocycles. The number of rotatable bonds is 5. The summed E-state index contributed by atoms with van der Waals surface area (Å²) in [5, 5.41) is 8.51. The monoisotopic (exact) mass is 213 g/mol. The quantitative estimate of drug-likeness (QED) is 0.799. The minimum atomic E-state index is -0.442. The van der Waals surface area contributed by atoms with Crippen molar-refractivity contribution >= 4 is 6.09 Å². The molecule has 0 saturated carbocycles. The molecule has 1 N–H and O–H groups in total. The lowest BCUT2D eigenvalue weighted by Gasteiger charge is -2.18. The van der Waals surface area contributed by atoms with Gasteiger partial charge in [0, 0.05) is 6.54 Å². The number of hydrogen-bond donors (Lipinski definition) is 1. The summed E-state index contributed by atoms with van der Waals surface area (Å²) in [6.45, 7) is 2.62. The Bertz CT molecular complexity index is 284. The van der Waals surface area contributed by atoms with Crippen LogP contribution in [0.3, 0.4) is 0 Å². The largest absolute Gasteiger partial charge is 0.467 e. The van der Waals surface area contributed by atoms with Gasteiger partial charge >= 0.3 is 6.09 Å². The Morgan fingerprint density at radius 3 is 3.00 bits per heavy atom. The highest BCUT2D eigenvalue weighted by molar-refractivity contribution is 5.67. The Kier molecular flexibility index (Phi) is 4.70. The van der Waals surface area contributed by atoms with Crippen molar-refractivity contribution in [3.63, 3.8) is 0 Å². The molecular formula is C10H15NO4. The maximum atomic E-state index is 11.4. The van der Waals surface area contributed by atoms with Crippen LogP contribution in [-0.4, -0.2) is 35.9 Å². The lowest BCUT2D eigenvalue weighted by molar-refractivity contribution is 0.0817. The molecule has 0 spiro atoms. The molecule has 0 saturated heterocycles. The Hall–Kier alpha value is -1.49. The highest BCUT2D eigenvalue weighted by atomic mass is 16.6. The first-order valence-corrected chi connectivity index (χ1v) is 4.83. The second kappa shape index (κ2) is 6.08. The van der Waals surface area contributed by atoms with Crippen molar-refractivity contribution in [3.05, 3.63) is 24.2 Å². The van der Waals surface area contributed by atoms with Crippen LogP contribution in [0.1, 0.15) is 12.7 Å². The average molecular weight is 213 g/mol. The van der Waals surface area contributed by atoms with E-state index in [9.17, 15) is 4.79 Å². The molecule has 0 atom stereocenters. The van der Waals surface area contributed by atoms with Gasteiger partial charge in [-0.1, -0.05) is 0 Å². The number of nitrogens with zero attached hydrogens (tertiary/aromatic N) is 1. The number of amides is 1. The molecule has 0 fully saturated rings. The van der Waals surface area contributed by atoms with Gasteiger partial charge in [-0.25, -0.2) is 4.79 Å². The van der Waals surface area contributed by atoms with Crippen LogP contribution in [0, 0.1) is 0 Å². The van der Waals surface area contributed by atoms with E-state index >= 15 is 0 Å². The molecule has 1 heterocycles. The first-order valence-electron chi connectivity index (χ1n) is 4.83. The molecule has 0 unspecified atom stereocenters. The van der Waals surface area contributed by atoms with E-state index in [-0.39, 0.29) is 13.2 Å². The van der Waals surface area contributed by atoms with E-state index in [4.69, 9.17) is 14.3 Å².